The second-order valence-corrected chi connectivity index (χ2v) is 6.23. The molecule has 128 valence electrons. The maximum Gasteiger partial charge on any atom is 0.216 e. The van der Waals surface area contributed by atoms with Crippen molar-refractivity contribution in [2.45, 2.75) is 38.0 Å². The molecule has 0 unspecified atom stereocenters. The lowest BCUT2D eigenvalue weighted by Gasteiger charge is -2.21. The van der Waals surface area contributed by atoms with E-state index < -0.39 is 0 Å². The van der Waals surface area contributed by atoms with Gasteiger partial charge in [-0.05, 0) is 31.5 Å². The molecule has 2 aromatic rings. The van der Waals surface area contributed by atoms with Gasteiger partial charge in [0.15, 0.2) is 0 Å². The Labute approximate surface area is 142 Å². The van der Waals surface area contributed by atoms with Crippen LogP contribution in [0.5, 0.6) is 5.88 Å². The Bertz CT molecular complexity index is 638. The van der Waals surface area contributed by atoms with Crippen molar-refractivity contribution in [2.75, 3.05) is 20.7 Å². The van der Waals surface area contributed by atoms with E-state index in [0.29, 0.717) is 5.88 Å². The minimum atomic E-state index is 0.189. The Morgan fingerprint density at radius 3 is 2.92 bits per heavy atom. The first kappa shape index (κ1) is 16.8. The topological polar surface area (TPSA) is 60.4 Å². The van der Waals surface area contributed by atoms with E-state index in [1.165, 1.54) is 5.56 Å². The molecule has 1 saturated heterocycles. The van der Waals surface area contributed by atoms with Crippen LogP contribution in [0.1, 0.15) is 24.2 Å². The first-order valence-corrected chi connectivity index (χ1v) is 8.31. The third-order valence-corrected chi connectivity index (χ3v) is 4.19. The van der Waals surface area contributed by atoms with Crippen LogP contribution < -0.4 is 4.74 Å². The fraction of sp³-hybridized carbons (Fsp3) is 0.500. The molecule has 0 aliphatic carbocycles. The van der Waals surface area contributed by atoms with Gasteiger partial charge in [0.1, 0.15) is 5.82 Å². The molecule has 0 bridgehead atoms. The average Bonchev–Trinajstić information content (AvgIpc) is 3.02. The van der Waals surface area contributed by atoms with Gasteiger partial charge < -0.3 is 9.47 Å². The van der Waals surface area contributed by atoms with Gasteiger partial charge in [-0.1, -0.05) is 6.07 Å². The minimum Gasteiger partial charge on any atom is -0.481 e. The van der Waals surface area contributed by atoms with Crippen molar-refractivity contribution in [3.8, 4) is 5.88 Å². The molecule has 6 heteroatoms. The van der Waals surface area contributed by atoms with Crippen LogP contribution in [0.4, 0.5) is 0 Å². The molecular weight excluding hydrogens is 304 g/mol. The molecule has 3 heterocycles. The van der Waals surface area contributed by atoms with Gasteiger partial charge in [0.2, 0.25) is 5.88 Å². The van der Waals surface area contributed by atoms with Crippen molar-refractivity contribution in [1.29, 1.82) is 0 Å². The fourth-order valence-electron chi connectivity index (χ4n) is 3.08. The summed E-state index contributed by atoms with van der Waals surface area (Å²) in [7, 11) is 3.74. The highest BCUT2D eigenvalue weighted by atomic mass is 16.5. The van der Waals surface area contributed by atoms with Crippen molar-refractivity contribution in [2.24, 2.45) is 0 Å². The molecule has 2 atom stereocenters. The molecule has 0 amide bonds. The van der Waals surface area contributed by atoms with Crippen LogP contribution in [0, 0.1) is 0 Å². The highest BCUT2D eigenvalue weighted by Gasteiger charge is 2.27. The summed E-state index contributed by atoms with van der Waals surface area (Å²) >= 11 is 0. The second kappa shape index (κ2) is 8.17. The number of rotatable bonds is 7. The Morgan fingerprint density at radius 1 is 1.25 bits per heavy atom. The summed E-state index contributed by atoms with van der Waals surface area (Å²) in [6.45, 7) is 1.81. The Morgan fingerprint density at radius 2 is 2.12 bits per heavy atom. The lowest BCUT2D eigenvalue weighted by Crippen LogP contribution is -2.29. The molecule has 0 aromatic carbocycles. The van der Waals surface area contributed by atoms with E-state index in [2.05, 4.69) is 33.0 Å². The van der Waals surface area contributed by atoms with Crippen LogP contribution in [0.25, 0.3) is 0 Å². The molecular formula is C18H24N4O2. The zero-order valence-corrected chi connectivity index (χ0v) is 14.3. The van der Waals surface area contributed by atoms with Crippen LogP contribution in [0.2, 0.25) is 0 Å². The number of nitrogens with zero attached hydrogens (tertiary/aromatic N) is 4. The number of pyridine rings is 1. The average molecular weight is 328 g/mol. The highest BCUT2D eigenvalue weighted by molar-refractivity contribution is 5.09. The van der Waals surface area contributed by atoms with E-state index in [4.69, 9.17) is 9.47 Å². The molecule has 0 N–H and O–H groups in total. The van der Waals surface area contributed by atoms with Gasteiger partial charge in [-0.2, -0.15) is 4.98 Å². The van der Waals surface area contributed by atoms with E-state index in [9.17, 15) is 0 Å². The number of hydrogen-bond acceptors (Lipinski definition) is 6. The summed E-state index contributed by atoms with van der Waals surface area (Å²) in [4.78, 5) is 15.1. The largest absolute Gasteiger partial charge is 0.481 e. The highest BCUT2D eigenvalue weighted by Crippen LogP contribution is 2.23. The molecule has 1 aliphatic heterocycles. The maximum absolute atomic E-state index is 6.17. The molecule has 3 rings (SSSR count). The Kier molecular flexibility index (Phi) is 5.72. The summed E-state index contributed by atoms with van der Waals surface area (Å²) in [5, 5.41) is 0. The molecule has 2 aromatic heterocycles. The third kappa shape index (κ3) is 4.72. The molecule has 6 nitrogen and oxygen atoms in total. The normalized spacial score (nSPS) is 20.5. The minimum absolute atomic E-state index is 0.189. The van der Waals surface area contributed by atoms with Crippen LogP contribution >= 0.6 is 0 Å². The standard InChI is InChI=1S/C18H24N4O2/c1-22(12-14-4-3-8-19-11-14)13-16-6-5-15(24-16)10-17-20-9-7-18(21-17)23-2/h3-4,7-9,11,15-16H,5-6,10,12-13H2,1-2H3/t15-,16+/m0/s1. The van der Waals surface area contributed by atoms with Crippen molar-refractivity contribution < 1.29 is 9.47 Å². The Balaban J connectivity index is 1.46. The first-order chi connectivity index (χ1) is 11.7. The van der Waals surface area contributed by atoms with E-state index in [-0.39, 0.29) is 12.2 Å². The predicted octanol–water partition coefficient (Wildman–Crippen LogP) is 2.10. The van der Waals surface area contributed by atoms with Crippen molar-refractivity contribution in [3.05, 3.63) is 48.2 Å². The van der Waals surface area contributed by atoms with Gasteiger partial charge in [0, 0.05) is 44.2 Å². The molecule has 1 fully saturated rings. The van der Waals surface area contributed by atoms with E-state index >= 15 is 0 Å². The molecule has 24 heavy (non-hydrogen) atoms. The fourth-order valence-corrected chi connectivity index (χ4v) is 3.08. The number of methoxy groups -OCH3 is 1. The van der Waals surface area contributed by atoms with E-state index in [1.807, 2.05) is 12.3 Å². The van der Waals surface area contributed by atoms with Gasteiger partial charge in [-0.3, -0.25) is 9.88 Å². The Hall–Kier alpha value is -2.05. The molecule has 0 saturated carbocycles. The van der Waals surface area contributed by atoms with Crippen LogP contribution in [0.3, 0.4) is 0 Å². The van der Waals surface area contributed by atoms with Gasteiger partial charge in [-0.25, -0.2) is 4.98 Å². The number of hydrogen-bond donors (Lipinski definition) is 0. The molecule has 0 radical (unpaired) electrons. The van der Waals surface area contributed by atoms with Gasteiger partial charge >= 0.3 is 0 Å². The van der Waals surface area contributed by atoms with Gasteiger partial charge in [0.25, 0.3) is 0 Å². The van der Waals surface area contributed by atoms with E-state index in [0.717, 1.165) is 38.2 Å². The molecule has 1 aliphatic rings. The lowest BCUT2D eigenvalue weighted by atomic mass is 10.1. The SMILES string of the molecule is COc1ccnc(C[C@@H]2CC[C@H](CN(C)Cc3cccnc3)O2)n1. The van der Waals surface area contributed by atoms with Crippen LogP contribution in [-0.2, 0) is 17.7 Å². The summed E-state index contributed by atoms with van der Waals surface area (Å²) in [6.07, 6.45) is 8.76. The van der Waals surface area contributed by atoms with Gasteiger partial charge in [0.05, 0.1) is 19.3 Å². The lowest BCUT2D eigenvalue weighted by molar-refractivity contribution is 0.0258. The van der Waals surface area contributed by atoms with E-state index in [1.54, 1.807) is 25.6 Å². The van der Waals surface area contributed by atoms with Crippen molar-refractivity contribution in [3.63, 3.8) is 0 Å². The van der Waals surface area contributed by atoms with Crippen molar-refractivity contribution in [1.82, 2.24) is 19.9 Å². The summed E-state index contributed by atoms with van der Waals surface area (Å²) in [5.41, 5.74) is 1.22. The summed E-state index contributed by atoms with van der Waals surface area (Å²) < 4.78 is 11.3. The zero-order valence-electron chi connectivity index (χ0n) is 14.3. The maximum atomic E-state index is 6.17. The van der Waals surface area contributed by atoms with Crippen LogP contribution in [-0.4, -0.2) is 52.8 Å². The number of likely N-dealkylation sites (N-methyl/N-ethyl adjacent to an activating group) is 1. The predicted molar refractivity (Wildman–Crippen MR) is 90.8 cm³/mol. The van der Waals surface area contributed by atoms with Crippen LogP contribution in [0.15, 0.2) is 36.8 Å². The zero-order chi connectivity index (χ0) is 16.8. The third-order valence-electron chi connectivity index (χ3n) is 4.19. The first-order valence-electron chi connectivity index (χ1n) is 8.31. The number of ether oxygens (including phenoxy) is 2. The number of aromatic nitrogens is 3. The van der Waals surface area contributed by atoms with Gasteiger partial charge in [-0.15, -0.1) is 0 Å². The monoisotopic (exact) mass is 328 g/mol. The summed E-state index contributed by atoms with van der Waals surface area (Å²) in [6, 6.07) is 5.83. The van der Waals surface area contributed by atoms with Crippen molar-refractivity contribution >= 4 is 0 Å². The second-order valence-electron chi connectivity index (χ2n) is 6.23. The summed E-state index contributed by atoms with van der Waals surface area (Å²) in [5.74, 6) is 1.38. The quantitative estimate of drug-likeness (QED) is 0.776. The molecule has 0 spiro atoms. The smallest absolute Gasteiger partial charge is 0.216 e.